The molecule has 0 fully saturated rings. The van der Waals surface area contributed by atoms with E-state index in [0.29, 0.717) is 28.4 Å². The monoisotopic (exact) mass is 402 g/mol. The molecule has 0 spiro atoms. The third-order valence-corrected chi connectivity index (χ3v) is 5.29. The van der Waals surface area contributed by atoms with E-state index in [1.807, 2.05) is 0 Å². The molecule has 0 atom stereocenters. The molecule has 0 aliphatic heterocycles. The smallest absolute Gasteiger partial charge is 0.341 e. The highest BCUT2D eigenvalue weighted by Gasteiger charge is 2.19. The molecule has 3 aromatic rings. The van der Waals surface area contributed by atoms with Gasteiger partial charge in [0.05, 0.1) is 10.6 Å². The average Bonchev–Trinajstić information content (AvgIpc) is 3.06. The summed E-state index contributed by atoms with van der Waals surface area (Å²) in [4.78, 5) is 10.7. The van der Waals surface area contributed by atoms with Crippen molar-refractivity contribution in [3.05, 3.63) is 54.4 Å². The third kappa shape index (κ3) is 4.12. The van der Waals surface area contributed by atoms with E-state index in [0.717, 1.165) is 0 Å². The summed E-state index contributed by atoms with van der Waals surface area (Å²) in [5.41, 5.74) is 1.46. The van der Waals surface area contributed by atoms with Gasteiger partial charge in [-0.2, -0.15) is 0 Å². The lowest BCUT2D eigenvalue weighted by atomic mass is 10.2. The van der Waals surface area contributed by atoms with Gasteiger partial charge in [-0.3, -0.25) is 4.72 Å². The maximum atomic E-state index is 12.8. The molecule has 2 aromatic carbocycles. The van der Waals surface area contributed by atoms with Gasteiger partial charge in [0.1, 0.15) is 12.1 Å². The number of nitrogens with one attached hydrogen (secondary N) is 1. The number of carboxylic acids is 1. The highest BCUT2D eigenvalue weighted by Crippen LogP contribution is 2.29. The lowest BCUT2D eigenvalue weighted by Crippen LogP contribution is -2.15. The fourth-order valence-corrected chi connectivity index (χ4v) is 3.75. The molecule has 1 heterocycles. The molecule has 146 valence electrons. The van der Waals surface area contributed by atoms with E-state index in [1.165, 1.54) is 24.5 Å². The van der Waals surface area contributed by atoms with E-state index in [1.54, 1.807) is 42.8 Å². The maximum Gasteiger partial charge on any atom is 0.341 e. The molecule has 2 N–H and O–H groups in total. The zero-order chi connectivity index (χ0) is 20.3. The second-order valence-corrected chi connectivity index (χ2v) is 7.71. The van der Waals surface area contributed by atoms with Gasteiger partial charge in [-0.25, -0.2) is 13.2 Å². The van der Waals surface area contributed by atoms with E-state index in [4.69, 9.17) is 9.84 Å². The third-order valence-electron chi connectivity index (χ3n) is 3.93. The predicted octanol–water partition coefficient (Wildman–Crippen LogP) is 2.05. The van der Waals surface area contributed by atoms with Gasteiger partial charge >= 0.3 is 5.97 Å². The highest BCUT2D eigenvalue weighted by molar-refractivity contribution is 7.92. The van der Waals surface area contributed by atoms with E-state index in [2.05, 4.69) is 14.9 Å². The number of sulfonamides is 1. The molecule has 0 saturated heterocycles. The molecule has 0 aliphatic rings. The number of hydrogen-bond donors (Lipinski definition) is 2. The summed E-state index contributed by atoms with van der Waals surface area (Å²) in [7, 11) is -2.13. The SMILES string of the molecule is Cc1cc(S(=O)(=O)Nc2ccccc2-c2nncn2C)ccc1OCC(=O)O. The minimum atomic E-state index is -3.89. The normalized spacial score (nSPS) is 11.2. The Kier molecular flexibility index (Phi) is 5.32. The Morgan fingerprint density at radius 1 is 1.25 bits per heavy atom. The van der Waals surface area contributed by atoms with Crippen molar-refractivity contribution in [3.8, 4) is 17.1 Å². The average molecular weight is 402 g/mol. The maximum absolute atomic E-state index is 12.8. The Hall–Kier alpha value is -3.40. The Morgan fingerprint density at radius 3 is 2.64 bits per heavy atom. The van der Waals surface area contributed by atoms with Crippen LogP contribution in [0.5, 0.6) is 5.75 Å². The van der Waals surface area contributed by atoms with Crippen molar-refractivity contribution >= 4 is 21.7 Å². The molecule has 3 rings (SSSR count). The number of anilines is 1. The summed E-state index contributed by atoms with van der Waals surface area (Å²) in [5, 5.41) is 16.5. The van der Waals surface area contributed by atoms with E-state index < -0.39 is 22.6 Å². The number of rotatable bonds is 7. The Labute approximate surface area is 161 Å². The number of aryl methyl sites for hydroxylation is 2. The van der Waals surface area contributed by atoms with Crippen molar-refractivity contribution in [1.29, 1.82) is 0 Å². The van der Waals surface area contributed by atoms with Crippen LogP contribution in [0.4, 0.5) is 5.69 Å². The van der Waals surface area contributed by atoms with Crippen LogP contribution in [0.25, 0.3) is 11.4 Å². The Morgan fingerprint density at radius 2 is 2.00 bits per heavy atom. The molecule has 0 radical (unpaired) electrons. The number of hydrogen-bond acceptors (Lipinski definition) is 6. The first-order valence-electron chi connectivity index (χ1n) is 8.19. The van der Waals surface area contributed by atoms with Crippen LogP contribution in [-0.4, -0.2) is 40.9 Å². The molecule has 0 aliphatic carbocycles. The second-order valence-electron chi connectivity index (χ2n) is 6.03. The first-order valence-corrected chi connectivity index (χ1v) is 9.68. The molecule has 28 heavy (non-hydrogen) atoms. The van der Waals surface area contributed by atoms with Crippen LogP contribution in [0.3, 0.4) is 0 Å². The summed E-state index contributed by atoms with van der Waals surface area (Å²) >= 11 is 0. The first-order chi connectivity index (χ1) is 13.3. The van der Waals surface area contributed by atoms with Crippen LogP contribution in [0.2, 0.25) is 0 Å². The van der Waals surface area contributed by atoms with Gasteiger partial charge in [0.25, 0.3) is 10.0 Å². The topological polar surface area (TPSA) is 123 Å². The summed E-state index contributed by atoms with van der Waals surface area (Å²) in [6, 6.07) is 11.1. The first kappa shape index (κ1) is 19.4. The minimum absolute atomic E-state index is 0.0282. The van der Waals surface area contributed by atoms with Crippen LogP contribution in [0.15, 0.2) is 53.7 Å². The molecule has 0 amide bonds. The molecular weight excluding hydrogens is 384 g/mol. The fraction of sp³-hybridized carbons (Fsp3) is 0.167. The van der Waals surface area contributed by atoms with Gasteiger partial charge in [0.2, 0.25) is 0 Å². The Balaban J connectivity index is 1.90. The van der Waals surface area contributed by atoms with Crippen molar-refractivity contribution in [3.63, 3.8) is 0 Å². The lowest BCUT2D eigenvalue weighted by Gasteiger charge is -2.13. The van der Waals surface area contributed by atoms with Crippen molar-refractivity contribution in [2.24, 2.45) is 7.05 Å². The molecule has 0 saturated carbocycles. The minimum Gasteiger partial charge on any atom is -0.482 e. The molecule has 1 aromatic heterocycles. The molecule has 0 bridgehead atoms. The molecular formula is C18H18N4O5S. The highest BCUT2D eigenvalue weighted by atomic mass is 32.2. The van der Waals surface area contributed by atoms with Gasteiger partial charge < -0.3 is 14.4 Å². The summed E-state index contributed by atoms with van der Waals surface area (Å²) in [5.74, 6) is -0.286. The molecule has 10 heteroatoms. The van der Waals surface area contributed by atoms with Crippen molar-refractivity contribution in [2.45, 2.75) is 11.8 Å². The number of nitrogens with zero attached hydrogens (tertiary/aromatic N) is 3. The zero-order valence-corrected chi connectivity index (χ0v) is 16.0. The van der Waals surface area contributed by atoms with Gasteiger partial charge in [0.15, 0.2) is 12.4 Å². The van der Waals surface area contributed by atoms with Crippen LogP contribution in [-0.2, 0) is 21.9 Å². The van der Waals surface area contributed by atoms with Crippen molar-refractivity contribution < 1.29 is 23.1 Å². The standard InChI is InChI=1S/C18H18N4O5S/c1-12-9-13(7-8-16(12)27-10-17(23)24)28(25,26)21-15-6-4-3-5-14(15)18-20-19-11-22(18)2/h3-9,11,21H,10H2,1-2H3,(H,23,24). The number of para-hydroxylation sites is 1. The zero-order valence-electron chi connectivity index (χ0n) is 15.2. The Bertz CT molecular complexity index is 1120. The van der Waals surface area contributed by atoms with Gasteiger partial charge in [-0.15, -0.1) is 10.2 Å². The van der Waals surface area contributed by atoms with Gasteiger partial charge in [-0.05, 0) is 42.8 Å². The summed E-state index contributed by atoms with van der Waals surface area (Å²) < 4.78 is 35.1. The second kappa shape index (κ2) is 7.69. The largest absolute Gasteiger partial charge is 0.482 e. The number of aliphatic carboxylic acids is 1. The van der Waals surface area contributed by atoms with Crippen LogP contribution >= 0.6 is 0 Å². The van der Waals surface area contributed by atoms with Crippen LogP contribution in [0.1, 0.15) is 5.56 Å². The summed E-state index contributed by atoms with van der Waals surface area (Å²) in [6.45, 7) is 1.14. The number of carbonyl (C=O) groups is 1. The van der Waals surface area contributed by atoms with E-state index in [9.17, 15) is 13.2 Å². The number of carboxylic acid groups (broad SMARTS) is 1. The number of benzene rings is 2. The van der Waals surface area contributed by atoms with E-state index in [-0.39, 0.29) is 4.90 Å². The van der Waals surface area contributed by atoms with Crippen LogP contribution in [0, 0.1) is 6.92 Å². The van der Waals surface area contributed by atoms with E-state index >= 15 is 0 Å². The summed E-state index contributed by atoms with van der Waals surface area (Å²) in [6.07, 6.45) is 1.53. The van der Waals surface area contributed by atoms with Gasteiger partial charge in [-0.1, -0.05) is 12.1 Å². The predicted molar refractivity (Wildman–Crippen MR) is 102 cm³/mol. The molecule has 0 unspecified atom stereocenters. The van der Waals surface area contributed by atoms with Crippen molar-refractivity contribution in [2.75, 3.05) is 11.3 Å². The van der Waals surface area contributed by atoms with Gasteiger partial charge in [0, 0.05) is 12.6 Å². The lowest BCUT2D eigenvalue weighted by molar-refractivity contribution is -0.139. The number of aromatic nitrogens is 3. The fourth-order valence-electron chi connectivity index (χ4n) is 2.59. The van der Waals surface area contributed by atoms with Crippen LogP contribution < -0.4 is 9.46 Å². The number of ether oxygens (including phenoxy) is 1. The quantitative estimate of drug-likeness (QED) is 0.620. The van der Waals surface area contributed by atoms with Crippen molar-refractivity contribution in [1.82, 2.24) is 14.8 Å². The molecule has 9 nitrogen and oxygen atoms in total.